The Kier molecular flexibility index (Phi) is 7.04. The Bertz CT molecular complexity index is 1380. The molecular weight excluding hydrogens is 462 g/mol. The van der Waals surface area contributed by atoms with Crippen LogP contribution in [0.1, 0.15) is 50.0 Å². The minimum atomic E-state index is -0.874. The van der Waals surface area contributed by atoms with Gasteiger partial charge in [0.1, 0.15) is 5.75 Å². The first-order chi connectivity index (χ1) is 18.1. The van der Waals surface area contributed by atoms with Crippen LogP contribution in [0.15, 0.2) is 103 Å². The van der Waals surface area contributed by atoms with Gasteiger partial charge in [-0.2, -0.15) is 0 Å². The van der Waals surface area contributed by atoms with Crippen molar-refractivity contribution in [3.05, 3.63) is 137 Å². The van der Waals surface area contributed by atoms with Crippen molar-refractivity contribution in [2.24, 2.45) is 0 Å². The number of rotatable bonds is 7. The molecule has 5 rings (SSSR count). The molecule has 1 heterocycles. The summed E-state index contributed by atoms with van der Waals surface area (Å²) in [7, 11) is 1.62. The Labute approximate surface area is 217 Å². The zero-order valence-electron chi connectivity index (χ0n) is 20.7. The number of carboxylic acids is 1. The Morgan fingerprint density at radius 2 is 1.49 bits per heavy atom. The van der Waals surface area contributed by atoms with E-state index in [0.29, 0.717) is 25.1 Å². The van der Waals surface area contributed by atoms with E-state index in [1.807, 2.05) is 108 Å². The molecule has 0 radical (unpaired) electrons. The van der Waals surface area contributed by atoms with Crippen LogP contribution in [0.5, 0.6) is 5.75 Å². The van der Waals surface area contributed by atoms with Gasteiger partial charge in [-0.05, 0) is 58.5 Å². The van der Waals surface area contributed by atoms with Crippen molar-refractivity contribution in [1.82, 2.24) is 4.90 Å². The van der Waals surface area contributed by atoms with Crippen LogP contribution < -0.4 is 4.74 Å². The molecule has 186 valence electrons. The van der Waals surface area contributed by atoms with Crippen LogP contribution in [-0.4, -0.2) is 35.5 Å². The molecule has 0 spiro atoms. The number of methoxy groups -OCH3 is 1. The monoisotopic (exact) mass is 491 g/mol. The lowest BCUT2D eigenvalue weighted by Crippen LogP contribution is -2.36. The van der Waals surface area contributed by atoms with Crippen LogP contribution in [0.25, 0.3) is 0 Å². The number of carbonyl (C=O) groups is 2. The molecule has 0 aromatic heterocycles. The number of amides is 1. The predicted molar refractivity (Wildman–Crippen MR) is 143 cm³/mol. The van der Waals surface area contributed by atoms with Crippen LogP contribution in [0.3, 0.4) is 0 Å². The predicted octanol–water partition coefficient (Wildman–Crippen LogP) is 5.89. The van der Waals surface area contributed by atoms with Crippen molar-refractivity contribution in [1.29, 1.82) is 0 Å². The topological polar surface area (TPSA) is 66.8 Å². The summed E-state index contributed by atoms with van der Waals surface area (Å²) in [5.74, 6) is -1.32. The quantitative estimate of drug-likeness (QED) is 0.350. The van der Waals surface area contributed by atoms with Crippen molar-refractivity contribution in [2.75, 3.05) is 13.7 Å². The van der Waals surface area contributed by atoms with Crippen molar-refractivity contribution in [3.8, 4) is 5.75 Å². The van der Waals surface area contributed by atoms with Crippen LogP contribution in [0.4, 0.5) is 0 Å². The van der Waals surface area contributed by atoms with Gasteiger partial charge in [0, 0.05) is 24.6 Å². The van der Waals surface area contributed by atoms with E-state index in [1.165, 1.54) is 0 Å². The molecule has 4 aromatic rings. The van der Waals surface area contributed by atoms with Crippen LogP contribution >= 0.6 is 0 Å². The molecule has 1 aliphatic heterocycles. The number of nitrogens with zero attached hydrogens (tertiary/aromatic N) is 1. The van der Waals surface area contributed by atoms with Gasteiger partial charge >= 0.3 is 5.97 Å². The zero-order valence-corrected chi connectivity index (χ0v) is 20.7. The van der Waals surface area contributed by atoms with Gasteiger partial charge < -0.3 is 14.7 Å². The number of fused-ring (bicyclic) bond motifs is 1. The lowest BCUT2D eigenvalue weighted by molar-refractivity contribution is -0.139. The van der Waals surface area contributed by atoms with E-state index in [2.05, 4.69) is 0 Å². The zero-order chi connectivity index (χ0) is 25.8. The molecule has 1 aliphatic rings. The number of hydrogen-bond acceptors (Lipinski definition) is 3. The van der Waals surface area contributed by atoms with Crippen molar-refractivity contribution >= 4 is 11.9 Å². The van der Waals surface area contributed by atoms with Crippen molar-refractivity contribution in [2.45, 2.75) is 24.8 Å². The highest BCUT2D eigenvalue weighted by atomic mass is 16.5. The SMILES string of the molecule is COc1ccc(C(c2cccc3c2CCN(C(=O)c2ccccc2)C3)C(C(=O)O)c2ccccc2)cc1. The molecule has 0 aliphatic carbocycles. The molecule has 37 heavy (non-hydrogen) atoms. The maximum Gasteiger partial charge on any atom is 0.311 e. The highest BCUT2D eigenvalue weighted by molar-refractivity contribution is 5.94. The second-order valence-electron chi connectivity index (χ2n) is 9.31. The van der Waals surface area contributed by atoms with Gasteiger partial charge in [-0.15, -0.1) is 0 Å². The molecule has 4 aromatic carbocycles. The second kappa shape index (κ2) is 10.7. The number of ether oxygens (including phenoxy) is 1. The number of carbonyl (C=O) groups excluding carboxylic acids is 1. The Balaban J connectivity index is 1.58. The summed E-state index contributed by atoms with van der Waals surface area (Å²) in [5.41, 5.74) is 5.52. The number of hydrogen-bond donors (Lipinski definition) is 1. The van der Waals surface area contributed by atoms with E-state index in [4.69, 9.17) is 4.74 Å². The summed E-state index contributed by atoms with van der Waals surface area (Å²) in [6, 6.07) is 32.5. The molecule has 5 heteroatoms. The van der Waals surface area contributed by atoms with Crippen molar-refractivity contribution < 1.29 is 19.4 Å². The highest BCUT2D eigenvalue weighted by Crippen LogP contribution is 2.42. The third-order valence-electron chi connectivity index (χ3n) is 7.18. The molecule has 0 saturated carbocycles. The average Bonchev–Trinajstić information content (AvgIpc) is 2.95. The van der Waals surface area contributed by atoms with Crippen molar-refractivity contribution in [3.63, 3.8) is 0 Å². The Hall–Kier alpha value is -4.38. The molecule has 1 amide bonds. The first-order valence-corrected chi connectivity index (χ1v) is 12.4. The van der Waals surface area contributed by atoms with Gasteiger partial charge in [-0.3, -0.25) is 9.59 Å². The average molecular weight is 492 g/mol. The first-order valence-electron chi connectivity index (χ1n) is 12.4. The standard InChI is InChI=1S/C32H29NO4/c1-37-26-17-15-23(16-18-26)29(30(32(35)36)22-9-4-2-5-10-22)28-14-8-13-25-21-33(20-19-27(25)28)31(34)24-11-6-3-7-12-24/h2-18,29-30H,19-21H2,1H3,(H,35,36). The number of benzene rings is 4. The summed E-state index contributed by atoms with van der Waals surface area (Å²) in [4.78, 5) is 27.8. The highest BCUT2D eigenvalue weighted by Gasteiger charge is 2.35. The summed E-state index contributed by atoms with van der Waals surface area (Å²) >= 11 is 0. The third kappa shape index (κ3) is 4.98. The largest absolute Gasteiger partial charge is 0.497 e. The van der Waals surface area contributed by atoms with Gasteiger partial charge in [0.2, 0.25) is 0 Å². The van der Waals surface area contributed by atoms with E-state index in [1.54, 1.807) is 7.11 Å². The molecule has 2 atom stereocenters. The third-order valence-corrected chi connectivity index (χ3v) is 7.18. The van der Waals surface area contributed by atoms with Gasteiger partial charge in [-0.25, -0.2) is 0 Å². The summed E-state index contributed by atoms with van der Waals surface area (Å²) < 4.78 is 5.35. The number of aliphatic carboxylic acids is 1. The summed E-state index contributed by atoms with van der Waals surface area (Å²) in [6.07, 6.45) is 0.665. The maximum atomic E-state index is 13.1. The fraction of sp³-hybridized carbons (Fsp3) is 0.188. The lowest BCUT2D eigenvalue weighted by Gasteiger charge is -2.34. The van der Waals surface area contributed by atoms with Crippen LogP contribution in [-0.2, 0) is 17.8 Å². The summed E-state index contributed by atoms with van der Waals surface area (Å²) in [6.45, 7) is 1.07. The Morgan fingerprint density at radius 3 is 2.14 bits per heavy atom. The molecule has 5 nitrogen and oxygen atoms in total. The smallest absolute Gasteiger partial charge is 0.311 e. The minimum Gasteiger partial charge on any atom is -0.497 e. The van der Waals surface area contributed by atoms with Gasteiger partial charge in [0.15, 0.2) is 0 Å². The van der Waals surface area contributed by atoms with E-state index >= 15 is 0 Å². The second-order valence-corrected chi connectivity index (χ2v) is 9.31. The molecule has 1 N–H and O–H groups in total. The molecule has 0 bridgehead atoms. The normalized spacial score (nSPS) is 14.4. The van der Waals surface area contributed by atoms with E-state index in [9.17, 15) is 14.7 Å². The minimum absolute atomic E-state index is 0.0102. The molecule has 2 unspecified atom stereocenters. The fourth-order valence-corrected chi connectivity index (χ4v) is 5.37. The molecular formula is C32H29NO4. The Morgan fingerprint density at radius 1 is 0.811 bits per heavy atom. The van der Waals surface area contributed by atoms with Gasteiger partial charge in [0.25, 0.3) is 5.91 Å². The van der Waals surface area contributed by atoms with Crippen LogP contribution in [0, 0.1) is 0 Å². The van der Waals surface area contributed by atoms with Crippen LogP contribution in [0.2, 0.25) is 0 Å². The van der Waals surface area contributed by atoms with Gasteiger partial charge in [0.05, 0.1) is 13.0 Å². The van der Waals surface area contributed by atoms with E-state index in [-0.39, 0.29) is 5.91 Å². The first kappa shape index (κ1) is 24.3. The fourth-order valence-electron chi connectivity index (χ4n) is 5.37. The maximum absolute atomic E-state index is 13.1. The lowest BCUT2D eigenvalue weighted by atomic mass is 9.74. The number of carboxylic acid groups (broad SMARTS) is 1. The van der Waals surface area contributed by atoms with E-state index in [0.717, 1.165) is 33.6 Å². The van der Waals surface area contributed by atoms with E-state index < -0.39 is 17.8 Å². The van der Waals surface area contributed by atoms with Gasteiger partial charge in [-0.1, -0.05) is 78.9 Å². The molecule has 0 saturated heterocycles. The summed E-state index contributed by atoms with van der Waals surface area (Å²) in [5, 5.41) is 10.5. The molecule has 0 fully saturated rings.